The van der Waals surface area contributed by atoms with Crippen LogP contribution in [0.2, 0.25) is 0 Å². The molecule has 0 saturated carbocycles. The van der Waals surface area contributed by atoms with E-state index in [9.17, 15) is 4.79 Å². The molecule has 3 heterocycles. The average Bonchev–Trinajstić information content (AvgIpc) is 3.21. The number of carbonyl (C=O) groups excluding carboxylic acids is 1. The average molecular weight is 371 g/mol. The van der Waals surface area contributed by atoms with Crippen molar-refractivity contribution >= 4 is 11.7 Å². The number of rotatable bonds is 7. The van der Waals surface area contributed by atoms with E-state index in [4.69, 9.17) is 0 Å². The number of nitrogens with one attached hydrogen (secondary N) is 2. The Bertz CT molecular complexity index is 713. The largest absolute Gasteiger partial charge is 0.370 e. The van der Waals surface area contributed by atoms with E-state index < -0.39 is 0 Å². The summed E-state index contributed by atoms with van der Waals surface area (Å²) in [4.78, 5) is 28.8. The molecule has 1 amide bonds. The highest BCUT2D eigenvalue weighted by Crippen LogP contribution is 2.18. The van der Waals surface area contributed by atoms with Crippen molar-refractivity contribution in [3.63, 3.8) is 0 Å². The number of amides is 1. The summed E-state index contributed by atoms with van der Waals surface area (Å²) in [6, 6.07) is 4.69. The van der Waals surface area contributed by atoms with Crippen LogP contribution in [-0.2, 0) is 6.42 Å². The minimum absolute atomic E-state index is 0.0772. The lowest BCUT2D eigenvalue weighted by molar-refractivity contribution is 0.0371. The highest BCUT2D eigenvalue weighted by Gasteiger charge is 2.30. The van der Waals surface area contributed by atoms with Gasteiger partial charge >= 0.3 is 0 Å². The summed E-state index contributed by atoms with van der Waals surface area (Å²) in [6.07, 6.45) is 7.08. The third kappa shape index (κ3) is 4.86. The first-order chi connectivity index (χ1) is 13.1. The molecule has 146 valence electrons. The summed E-state index contributed by atoms with van der Waals surface area (Å²) in [5.74, 6) is 0.857. The van der Waals surface area contributed by atoms with Gasteiger partial charge in [-0.2, -0.15) is 0 Å². The van der Waals surface area contributed by atoms with Gasteiger partial charge in [-0.25, -0.2) is 9.97 Å². The lowest BCUT2D eigenvalue weighted by Gasteiger charge is -2.43. The quantitative estimate of drug-likeness (QED) is 0.783. The fourth-order valence-electron chi connectivity index (χ4n) is 3.65. The molecule has 2 aromatic rings. The third-order valence-electron chi connectivity index (χ3n) is 5.22. The van der Waals surface area contributed by atoms with Crippen molar-refractivity contribution in [1.82, 2.24) is 24.8 Å². The van der Waals surface area contributed by atoms with Crippen molar-refractivity contribution in [3.05, 3.63) is 42.1 Å². The van der Waals surface area contributed by atoms with E-state index in [0.717, 1.165) is 50.5 Å². The minimum atomic E-state index is 0.0772. The number of imidazole rings is 1. The second kappa shape index (κ2) is 8.99. The molecular weight excluding hydrogens is 340 g/mol. The van der Waals surface area contributed by atoms with Crippen LogP contribution < -0.4 is 5.32 Å². The van der Waals surface area contributed by atoms with Crippen LogP contribution in [0, 0.1) is 0 Å². The summed E-state index contributed by atoms with van der Waals surface area (Å²) >= 11 is 0. The van der Waals surface area contributed by atoms with Crippen molar-refractivity contribution in [2.75, 3.05) is 31.5 Å². The Morgan fingerprint density at radius 1 is 1.33 bits per heavy atom. The van der Waals surface area contributed by atoms with Crippen LogP contribution in [0.1, 0.15) is 43.2 Å². The maximum atomic E-state index is 12.9. The number of H-pyrrole nitrogens is 1. The van der Waals surface area contributed by atoms with Crippen molar-refractivity contribution in [2.45, 2.75) is 45.7 Å². The van der Waals surface area contributed by atoms with E-state index in [2.05, 4.69) is 45.9 Å². The SMILES string of the molecule is CC[C@H]1CN(C(=O)c2ccc(NCCc3cnc[nH]3)nc2)CCN1C(C)C. The molecule has 0 spiro atoms. The molecule has 7 heteroatoms. The summed E-state index contributed by atoms with van der Waals surface area (Å²) in [5.41, 5.74) is 1.74. The molecule has 0 bridgehead atoms. The maximum Gasteiger partial charge on any atom is 0.255 e. The zero-order chi connectivity index (χ0) is 19.2. The molecule has 1 atom stereocenters. The van der Waals surface area contributed by atoms with E-state index in [-0.39, 0.29) is 5.91 Å². The molecular formula is C20H30N6O. The number of hydrogen-bond acceptors (Lipinski definition) is 5. The van der Waals surface area contributed by atoms with E-state index >= 15 is 0 Å². The maximum absolute atomic E-state index is 12.9. The van der Waals surface area contributed by atoms with E-state index in [0.29, 0.717) is 17.6 Å². The third-order valence-corrected chi connectivity index (χ3v) is 5.22. The number of aromatic amines is 1. The zero-order valence-corrected chi connectivity index (χ0v) is 16.5. The Morgan fingerprint density at radius 2 is 2.19 bits per heavy atom. The number of pyridine rings is 1. The Labute approximate surface area is 161 Å². The van der Waals surface area contributed by atoms with Crippen molar-refractivity contribution in [3.8, 4) is 0 Å². The molecule has 1 saturated heterocycles. The molecule has 1 aliphatic rings. The van der Waals surface area contributed by atoms with Gasteiger partial charge in [-0.15, -0.1) is 0 Å². The second-order valence-corrected chi connectivity index (χ2v) is 7.33. The van der Waals surface area contributed by atoms with Gasteiger partial charge in [0, 0.05) is 62.8 Å². The number of hydrogen-bond donors (Lipinski definition) is 2. The van der Waals surface area contributed by atoms with Crippen molar-refractivity contribution < 1.29 is 4.79 Å². The van der Waals surface area contributed by atoms with Gasteiger partial charge in [0.2, 0.25) is 0 Å². The summed E-state index contributed by atoms with van der Waals surface area (Å²) in [5, 5.41) is 3.27. The Morgan fingerprint density at radius 3 is 2.81 bits per heavy atom. The van der Waals surface area contributed by atoms with Crippen molar-refractivity contribution in [1.29, 1.82) is 0 Å². The van der Waals surface area contributed by atoms with Gasteiger partial charge in [-0.3, -0.25) is 9.69 Å². The minimum Gasteiger partial charge on any atom is -0.370 e. The van der Waals surface area contributed by atoms with E-state index in [1.54, 1.807) is 12.5 Å². The van der Waals surface area contributed by atoms with Gasteiger partial charge in [0.25, 0.3) is 5.91 Å². The Hall–Kier alpha value is -2.41. The molecule has 27 heavy (non-hydrogen) atoms. The van der Waals surface area contributed by atoms with E-state index in [1.165, 1.54) is 0 Å². The highest BCUT2D eigenvalue weighted by molar-refractivity contribution is 5.94. The topological polar surface area (TPSA) is 77.1 Å². The van der Waals surface area contributed by atoms with Crippen LogP contribution in [0.25, 0.3) is 0 Å². The van der Waals surface area contributed by atoms with Crippen LogP contribution in [-0.4, -0.2) is 68.9 Å². The van der Waals surface area contributed by atoms with Gasteiger partial charge < -0.3 is 15.2 Å². The van der Waals surface area contributed by atoms with Gasteiger partial charge in [-0.1, -0.05) is 6.92 Å². The summed E-state index contributed by atoms with van der Waals surface area (Å²) < 4.78 is 0. The predicted molar refractivity (Wildman–Crippen MR) is 107 cm³/mol. The molecule has 1 aliphatic heterocycles. The zero-order valence-electron chi connectivity index (χ0n) is 16.5. The molecule has 2 N–H and O–H groups in total. The molecule has 0 aromatic carbocycles. The molecule has 0 radical (unpaired) electrons. The smallest absolute Gasteiger partial charge is 0.255 e. The first kappa shape index (κ1) is 19.4. The Kier molecular flexibility index (Phi) is 6.45. The predicted octanol–water partition coefficient (Wildman–Crippen LogP) is 2.40. The van der Waals surface area contributed by atoms with Crippen LogP contribution in [0.3, 0.4) is 0 Å². The van der Waals surface area contributed by atoms with Crippen LogP contribution in [0.15, 0.2) is 30.9 Å². The first-order valence-corrected chi connectivity index (χ1v) is 9.80. The molecule has 0 aliphatic carbocycles. The van der Waals surface area contributed by atoms with Gasteiger partial charge in [-0.05, 0) is 32.4 Å². The lowest BCUT2D eigenvalue weighted by Crippen LogP contribution is -2.56. The van der Waals surface area contributed by atoms with Crippen LogP contribution in [0.4, 0.5) is 5.82 Å². The number of piperazine rings is 1. The number of anilines is 1. The van der Waals surface area contributed by atoms with Gasteiger partial charge in [0.05, 0.1) is 11.9 Å². The van der Waals surface area contributed by atoms with E-state index in [1.807, 2.05) is 23.2 Å². The number of nitrogens with zero attached hydrogens (tertiary/aromatic N) is 4. The molecule has 3 rings (SSSR count). The number of aromatic nitrogens is 3. The van der Waals surface area contributed by atoms with Gasteiger partial charge in [0.1, 0.15) is 5.82 Å². The fraction of sp³-hybridized carbons (Fsp3) is 0.550. The van der Waals surface area contributed by atoms with Gasteiger partial charge in [0.15, 0.2) is 0 Å². The van der Waals surface area contributed by atoms with Crippen LogP contribution in [0.5, 0.6) is 0 Å². The normalized spacial score (nSPS) is 18.1. The Balaban J connectivity index is 1.54. The monoisotopic (exact) mass is 370 g/mol. The summed E-state index contributed by atoms with van der Waals surface area (Å²) in [7, 11) is 0. The standard InChI is InChI=1S/C20H30N6O/c1-4-18-13-25(9-10-26(18)15(2)3)20(27)16-5-6-19(23-11-16)22-8-7-17-12-21-14-24-17/h5-6,11-12,14-15,18H,4,7-10,13H2,1-3H3,(H,21,24)(H,22,23)/t18-/m0/s1. The van der Waals surface area contributed by atoms with Crippen LogP contribution >= 0.6 is 0 Å². The molecule has 0 unspecified atom stereocenters. The lowest BCUT2D eigenvalue weighted by atomic mass is 10.1. The summed E-state index contributed by atoms with van der Waals surface area (Å²) in [6.45, 7) is 9.90. The first-order valence-electron chi connectivity index (χ1n) is 9.80. The fourth-order valence-corrected chi connectivity index (χ4v) is 3.65. The molecule has 2 aromatic heterocycles. The highest BCUT2D eigenvalue weighted by atomic mass is 16.2. The van der Waals surface area contributed by atoms with Crippen molar-refractivity contribution in [2.24, 2.45) is 0 Å². The molecule has 7 nitrogen and oxygen atoms in total. The number of carbonyl (C=O) groups is 1. The molecule has 1 fully saturated rings. The second-order valence-electron chi connectivity index (χ2n) is 7.33.